The third kappa shape index (κ3) is 5.47. The number of carbonyl (C=O) groups excluding carboxylic acids is 1. The van der Waals surface area contributed by atoms with Gasteiger partial charge >= 0.3 is 6.18 Å². The predicted octanol–water partition coefficient (Wildman–Crippen LogP) is 4.49. The highest BCUT2D eigenvalue weighted by atomic mass is 19.4. The van der Waals surface area contributed by atoms with Crippen molar-refractivity contribution in [3.63, 3.8) is 0 Å². The number of hydrogen-bond donors (Lipinski definition) is 1. The summed E-state index contributed by atoms with van der Waals surface area (Å²) in [5, 5.41) is 2.45. The maximum absolute atomic E-state index is 13.1. The van der Waals surface area contributed by atoms with Crippen LogP contribution in [-0.4, -0.2) is 12.5 Å². The third-order valence-electron chi connectivity index (χ3n) is 3.75. The molecule has 0 aliphatic rings. The summed E-state index contributed by atoms with van der Waals surface area (Å²) in [6.07, 6.45) is -4.18. The lowest BCUT2D eigenvalue weighted by molar-refractivity contribution is -0.138. The molecule has 2 aromatic rings. The smallest absolute Gasteiger partial charge is 0.416 e. The number of benzene rings is 2. The highest BCUT2D eigenvalue weighted by molar-refractivity contribution is 5.76. The summed E-state index contributed by atoms with van der Waals surface area (Å²) in [4.78, 5) is 12.0. The molecule has 0 spiro atoms. The fourth-order valence-electron chi connectivity index (χ4n) is 2.50. The molecule has 0 saturated heterocycles. The molecule has 0 aliphatic carbocycles. The number of halogens is 4. The number of rotatable bonds is 7. The lowest BCUT2D eigenvalue weighted by atomic mass is 10.1. The van der Waals surface area contributed by atoms with Crippen molar-refractivity contribution < 1.29 is 27.1 Å². The molecule has 0 unspecified atom stereocenters. The molecule has 0 aromatic heterocycles. The second-order valence-corrected chi connectivity index (χ2v) is 5.62. The van der Waals surface area contributed by atoms with Gasteiger partial charge in [-0.3, -0.25) is 4.79 Å². The van der Waals surface area contributed by atoms with Crippen LogP contribution >= 0.6 is 0 Å². The van der Waals surface area contributed by atoms with Crippen LogP contribution in [0.1, 0.15) is 30.0 Å². The van der Waals surface area contributed by atoms with Crippen molar-refractivity contribution in [2.24, 2.45) is 0 Å². The van der Waals surface area contributed by atoms with E-state index in [1.54, 1.807) is 6.07 Å². The Morgan fingerprint density at radius 3 is 2.54 bits per heavy atom. The van der Waals surface area contributed by atoms with Crippen LogP contribution in [0.15, 0.2) is 42.5 Å². The topological polar surface area (TPSA) is 38.3 Å². The molecule has 0 radical (unpaired) electrons. The molecule has 1 amide bonds. The van der Waals surface area contributed by atoms with E-state index in [1.807, 2.05) is 25.1 Å². The molecule has 140 valence electrons. The van der Waals surface area contributed by atoms with E-state index < -0.39 is 23.5 Å². The van der Waals surface area contributed by atoms with Gasteiger partial charge in [0.2, 0.25) is 5.91 Å². The Balaban J connectivity index is 1.96. The molecular formula is C19H19F4NO2. The van der Waals surface area contributed by atoms with Crippen LogP contribution in [0.3, 0.4) is 0 Å². The second-order valence-electron chi connectivity index (χ2n) is 5.62. The van der Waals surface area contributed by atoms with Gasteiger partial charge in [0, 0.05) is 13.0 Å². The van der Waals surface area contributed by atoms with Crippen molar-refractivity contribution in [1.82, 2.24) is 5.32 Å². The highest BCUT2D eigenvalue weighted by Crippen LogP contribution is 2.32. The highest BCUT2D eigenvalue weighted by Gasteiger charge is 2.33. The first-order valence-corrected chi connectivity index (χ1v) is 8.14. The van der Waals surface area contributed by atoms with E-state index in [0.717, 1.165) is 17.7 Å². The van der Waals surface area contributed by atoms with E-state index in [-0.39, 0.29) is 18.5 Å². The number of ether oxygens (including phenoxy) is 1. The second kappa shape index (κ2) is 8.69. The molecular weight excluding hydrogens is 350 g/mol. The minimum Gasteiger partial charge on any atom is -0.494 e. The average molecular weight is 369 g/mol. The molecule has 7 heteroatoms. The summed E-state index contributed by atoms with van der Waals surface area (Å²) in [6, 6.07) is 9.67. The Morgan fingerprint density at radius 2 is 1.85 bits per heavy atom. The number of aryl methyl sites for hydroxylation is 1. The monoisotopic (exact) mass is 369 g/mol. The van der Waals surface area contributed by atoms with Gasteiger partial charge in [0.15, 0.2) is 0 Å². The van der Waals surface area contributed by atoms with E-state index in [1.165, 1.54) is 0 Å². The number of para-hydroxylation sites is 1. The van der Waals surface area contributed by atoms with Gasteiger partial charge in [-0.05, 0) is 42.7 Å². The molecule has 0 atom stereocenters. The van der Waals surface area contributed by atoms with Gasteiger partial charge in [0.05, 0.1) is 12.2 Å². The number of nitrogens with one attached hydrogen (secondary N) is 1. The van der Waals surface area contributed by atoms with Gasteiger partial charge < -0.3 is 10.1 Å². The predicted molar refractivity (Wildman–Crippen MR) is 89.2 cm³/mol. The minimum absolute atomic E-state index is 0.104. The quantitative estimate of drug-likeness (QED) is 0.730. The third-order valence-corrected chi connectivity index (χ3v) is 3.75. The Bertz CT molecular complexity index is 759. The maximum atomic E-state index is 13.1. The fraction of sp³-hybridized carbons (Fsp3) is 0.316. The normalized spacial score (nSPS) is 11.3. The van der Waals surface area contributed by atoms with Crippen LogP contribution in [0.5, 0.6) is 5.75 Å². The molecule has 1 N–H and O–H groups in total. The molecule has 26 heavy (non-hydrogen) atoms. The molecule has 0 bridgehead atoms. The summed E-state index contributed by atoms with van der Waals surface area (Å²) in [5.74, 6) is -0.686. The molecule has 0 saturated carbocycles. The van der Waals surface area contributed by atoms with Gasteiger partial charge in [-0.25, -0.2) is 4.39 Å². The minimum atomic E-state index is -4.68. The largest absolute Gasteiger partial charge is 0.494 e. The van der Waals surface area contributed by atoms with Gasteiger partial charge in [0.1, 0.15) is 11.6 Å². The van der Waals surface area contributed by atoms with Crippen LogP contribution < -0.4 is 10.1 Å². The number of hydrogen-bond acceptors (Lipinski definition) is 2. The van der Waals surface area contributed by atoms with E-state index >= 15 is 0 Å². The van der Waals surface area contributed by atoms with Crippen molar-refractivity contribution >= 4 is 5.91 Å². The first-order chi connectivity index (χ1) is 12.3. The molecule has 0 fully saturated rings. The van der Waals surface area contributed by atoms with Crippen molar-refractivity contribution in [2.45, 2.75) is 32.5 Å². The number of amides is 1. The summed E-state index contributed by atoms with van der Waals surface area (Å²) in [7, 11) is 0. The van der Waals surface area contributed by atoms with E-state index in [4.69, 9.17) is 4.74 Å². The van der Waals surface area contributed by atoms with E-state index in [2.05, 4.69) is 5.32 Å². The first-order valence-electron chi connectivity index (χ1n) is 8.14. The Labute approximate surface area is 149 Å². The lowest BCUT2D eigenvalue weighted by Crippen LogP contribution is -2.25. The van der Waals surface area contributed by atoms with Crippen LogP contribution in [0.25, 0.3) is 0 Å². The van der Waals surface area contributed by atoms with Crippen LogP contribution in [0.4, 0.5) is 17.6 Å². The van der Waals surface area contributed by atoms with Gasteiger partial charge in [-0.15, -0.1) is 0 Å². The summed E-state index contributed by atoms with van der Waals surface area (Å²) >= 11 is 0. The molecule has 2 aromatic carbocycles. The summed E-state index contributed by atoms with van der Waals surface area (Å²) in [5.41, 5.74) is -0.413. The summed E-state index contributed by atoms with van der Waals surface area (Å²) < 4.78 is 57.4. The Morgan fingerprint density at radius 1 is 1.12 bits per heavy atom. The fourth-order valence-corrected chi connectivity index (χ4v) is 2.50. The van der Waals surface area contributed by atoms with Crippen molar-refractivity contribution in [3.05, 3.63) is 65.0 Å². The summed E-state index contributed by atoms with van der Waals surface area (Å²) in [6.45, 7) is 2.03. The van der Waals surface area contributed by atoms with Crippen molar-refractivity contribution in [1.29, 1.82) is 0 Å². The average Bonchev–Trinajstić information content (AvgIpc) is 2.59. The van der Waals surface area contributed by atoms with Crippen molar-refractivity contribution in [2.75, 3.05) is 6.61 Å². The zero-order valence-corrected chi connectivity index (χ0v) is 14.2. The maximum Gasteiger partial charge on any atom is 0.416 e. The van der Waals surface area contributed by atoms with Crippen LogP contribution in [-0.2, 0) is 23.9 Å². The molecule has 0 heterocycles. The van der Waals surface area contributed by atoms with Gasteiger partial charge in [0.25, 0.3) is 0 Å². The van der Waals surface area contributed by atoms with Gasteiger partial charge in [-0.1, -0.05) is 24.3 Å². The Hall–Kier alpha value is -2.57. The first kappa shape index (κ1) is 19.8. The standard InChI is InChI=1S/C19H19F4NO2/c1-2-26-17-6-4-3-5-13(17)8-10-18(25)24-12-14-7-9-15(20)11-16(14)19(21,22)23/h3-7,9,11H,2,8,10,12H2,1H3,(H,24,25). The van der Waals surface area contributed by atoms with Gasteiger partial charge in [-0.2, -0.15) is 13.2 Å². The molecule has 0 aliphatic heterocycles. The van der Waals surface area contributed by atoms with Crippen molar-refractivity contribution in [3.8, 4) is 5.75 Å². The number of alkyl halides is 3. The zero-order valence-electron chi connectivity index (χ0n) is 14.2. The van der Waals surface area contributed by atoms with Crippen LogP contribution in [0, 0.1) is 5.82 Å². The lowest BCUT2D eigenvalue weighted by Gasteiger charge is -2.14. The zero-order chi connectivity index (χ0) is 19.2. The van der Waals surface area contributed by atoms with E-state index in [0.29, 0.717) is 24.8 Å². The molecule has 3 nitrogen and oxygen atoms in total. The van der Waals surface area contributed by atoms with Crippen LogP contribution in [0.2, 0.25) is 0 Å². The Kier molecular flexibility index (Phi) is 6.60. The SMILES string of the molecule is CCOc1ccccc1CCC(=O)NCc1ccc(F)cc1C(F)(F)F. The number of carbonyl (C=O) groups is 1. The van der Waals surface area contributed by atoms with E-state index in [9.17, 15) is 22.4 Å². The molecule has 2 rings (SSSR count).